The second-order valence-corrected chi connectivity index (χ2v) is 6.54. The summed E-state index contributed by atoms with van der Waals surface area (Å²) in [4.78, 5) is 28.5. The second-order valence-electron chi connectivity index (χ2n) is 6.54. The van der Waals surface area contributed by atoms with Gasteiger partial charge in [0, 0.05) is 18.8 Å². The van der Waals surface area contributed by atoms with E-state index in [4.69, 9.17) is 4.74 Å². The van der Waals surface area contributed by atoms with E-state index in [1.807, 2.05) is 18.2 Å². The van der Waals surface area contributed by atoms with Crippen molar-refractivity contribution in [2.75, 3.05) is 26.7 Å². The zero-order valence-corrected chi connectivity index (χ0v) is 15.0. The molecule has 1 aliphatic rings. The first-order chi connectivity index (χ1) is 12.7. The number of likely N-dealkylation sites (tertiary alicyclic amines) is 1. The molecule has 0 bridgehead atoms. The number of pyridine rings is 1. The van der Waals surface area contributed by atoms with Gasteiger partial charge in [-0.25, -0.2) is 0 Å². The van der Waals surface area contributed by atoms with Gasteiger partial charge in [-0.05, 0) is 49.7 Å². The third-order valence-corrected chi connectivity index (χ3v) is 4.81. The number of rotatable bonds is 6. The second kappa shape index (κ2) is 8.67. The molecule has 1 aromatic carbocycles. The minimum atomic E-state index is -0.218. The van der Waals surface area contributed by atoms with Crippen LogP contribution < -0.4 is 15.6 Å². The van der Waals surface area contributed by atoms with Crippen LogP contribution in [0.25, 0.3) is 0 Å². The molecule has 1 saturated heterocycles. The Morgan fingerprint density at radius 1 is 1.23 bits per heavy atom. The molecule has 6 nitrogen and oxygen atoms in total. The minimum Gasteiger partial charge on any atom is -0.497 e. The largest absolute Gasteiger partial charge is 0.497 e. The lowest BCUT2D eigenvalue weighted by molar-refractivity contribution is 0.0924. The summed E-state index contributed by atoms with van der Waals surface area (Å²) in [5.41, 5.74) is 1.37. The van der Waals surface area contributed by atoms with Gasteiger partial charge in [0.05, 0.1) is 18.7 Å². The summed E-state index contributed by atoms with van der Waals surface area (Å²) in [5, 5.41) is 3.01. The Morgan fingerprint density at radius 3 is 2.73 bits per heavy atom. The molecule has 2 aromatic rings. The number of hydrogen-bond acceptors (Lipinski definition) is 4. The first kappa shape index (κ1) is 18.2. The summed E-state index contributed by atoms with van der Waals surface area (Å²) >= 11 is 0. The van der Waals surface area contributed by atoms with Crippen LogP contribution in [0.4, 0.5) is 0 Å². The smallest absolute Gasteiger partial charge is 0.252 e. The van der Waals surface area contributed by atoms with Crippen molar-refractivity contribution >= 4 is 5.91 Å². The number of benzene rings is 1. The van der Waals surface area contributed by atoms with Crippen LogP contribution in [0.2, 0.25) is 0 Å². The van der Waals surface area contributed by atoms with Crippen molar-refractivity contribution in [3.05, 3.63) is 64.1 Å². The van der Waals surface area contributed by atoms with Gasteiger partial charge >= 0.3 is 0 Å². The summed E-state index contributed by atoms with van der Waals surface area (Å²) in [6, 6.07) is 11.0. The highest BCUT2D eigenvalue weighted by molar-refractivity contribution is 5.93. The molecule has 1 atom stereocenters. The van der Waals surface area contributed by atoms with Crippen LogP contribution in [0, 0.1) is 0 Å². The molecule has 1 fully saturated rings. The zero-order valence-electron chi connectivity index (χ0n) is 15.0. The van der Waals surface area contributed by atoms with Crippen molar-refractivity contribution in [1.29, 1.82) is 0 Å². The maximum atomic E-state index is 12.4. The summed E-state index contributed by atoms with van der Waals surface area (Å²) < 4.78 is 5.36. The summed E-state index contributed by atoms with van der Waals surface area (Å²) in [6.07, 6.45) is 5.05. The van der Waals surface area contributed by atoms with Gasteiger partial charge < -0.3 is 15.0 Å². The van der Waals surface area contributed by atoms with Crippen molar-refractivity contribution in [2.45, 2.75) is 25.3 Å². The lowest BCUT2D eigenvalue weighted by Gasteiger charge is -2.35. The van der Waals surface area contributed by atoms with Gasteiger partial charge in [0.2, 0.25) is 5.56 Å². The van der Waals surface area contributed by atoms with Gasteiger partial charge in [-0.1, -0.05) is 18.6 Å². The van der Waals surface area contributed by atoms with Crippen molar-refractivity contribution in [2.24, 2.45) is 0 Å². The fourth-order valence-electron chi connectivity index (χ4n) is 3.38. The summed E-state index contributed by atoms with van der Waals surface area (Å²) in [5.74, 6) is 0.627. The first-order valence-corrected chi connectivity index (χ1v) is 9.02. The number of hydrogen-bond donors (Lipinski definition) is 2. The van der Waals surface area contributed by atoms with Gasteiger partial charge in [0.25, 0.3) is 5.91 Å². The summed E-state index contributed by atoms with van der Waals surface area (Å²) in [6.45, 7) is 2.55. The standard InChI is InChI=1S/C20H25N3O3/c1-26-17-7-5-6-15(12-17)18(23-10-3-2-4-11-23)14-22-20(25)16-8-9-19(24)21-13-16/h5-9,12-13,18H,2-4,10-11,14H2,1H3,(H,21,24)(H,22,25). The van der Waals surface area contributed by atoms with Gasteiger partial charge in [-0.2, -0.15) is 0 Å². The molecule has 2 heterocycles. The number of aromatic amines is 1. The van der Waals surface area contributed by atoms with Crippen LogP contribution in [0.15, 0.2) is 47.4 Å². The predicted molar refractivity (Wildman–Crippen MR) is 101 cm³/mol. The predicted octanol–water partition coefficient (Wildman–Crippen LogP) is 2.34. The molecule has 26 heavy (non-hydrogen) atoms. The van der Waals surface area contributed by atoms with Crippen LogP contribution in [0.1, 0.15) is 41.2 Å². The molecule has 0 spiro atoms. The molecular weight excluding hydrogens is 330 g/mol. The Morgan fingerprint density at radius 2 is 2.04 bits per heavy atom. The highest BCUT2D eigenvalue weighted by atomic mass is 16.5. The van der Waals surface area contributed by atoms with E-state index in [1.165, 1.54) is 37.6 Å². The molecular formula is C20H25N3O3. The van der Waals surface area contributed by atoms with Crippen LogP contribution >= 0.6 is 0 Å². The topological polar surface area (TPSA) is 74.4 Å². The molecule has 2 N–H and O–H groups in total. The molecule has 1 aliphatic heterocycles. The molecule has 0 saturated carbocycles. The minimum absolute atomic E-state index is 0.0945. The van der Waals surface area contributed by atoms with Gasteiger partial charge in [-0.15, -0.1) is 0 Å². The Bertz CT molecular complexity index is 776. The first-order valence-electron chi connectivity index (χ1n) is 9.02. The van der Waals surface area contributed by atoms with Crippen LogP contribution in [0.5, 0.6) is 5.75 Å². The Labute approximate surface area is 153 Å². The number of amides is 1. The number of nitrogens with one attached hydrogen (secondary N) is 2. The third-order valence-electron chi connectivity index (χ3n) is 4.81. The number of nitrogens with zero attached hydrogens (tertiary/aromatic N) is 1. The van der Waals surface area contributed by atoms with E-state index in [-0.39, 0.29) is 17.5 Å². The monoisotopic (exact) mass is 355 g/mol. The average molecular weight is 355 g/mol. The molecule has 0 aliphatic carbocycles. The SMILES string of the molecule is COc1cccc(C(CNC(=O)c2ccc(=O)[nH]c2)N2CCCCC2)c1. The number of H-pyrrole nitrogens is 1. The lowest BCUT2D eigenvalue weighted by Crippen LogP contribution is -2.40. The van der Waals surface area contributed by atoms with Crippen molar-refractivity contribution in [3.8, 4) is 5.75 Å². The number of aromatic nitrogens is 1. The van der Waals surface area contributed by atoms with E-state index in [9.17, 15) is 9.59 Å². The van der Waals surface area contributed by atoms with Gasteiger partial charge in [0.1, 0.15) is 5.75 Å². The Kier molecular flexibility index (Phi) is 6.07. The summed E-state index contributed by atoms with van der Waals surface area (Å²) in [7, 11) is 1.66. The fraction of sp³-hybridized carbons (Fsp3) is 0.400. The zero-order chi connectivity index (χ0) is 18.4. The Balaban J connectivity index is 1.75. The molecule has 6 heteroatoms. The quantitative estimate of drug-likeness (QED) is 0.834. The molecule has 1 amide bonds. The van der Waals surface area contributed by atoms with Crippen LogP contribution in [-0.2, 0) is 0 Å². The molecule has 0 radical (unpaired) electrons. The molecule has 138 valence electrons. The van der Waals surface area contributed by atoms with Crippen molar-refractivity contribution in [3.63, 3.8) is 0 Å². The van der Waals surface area contributed by atoms with Crippen LogP contribution in [-0.4, -0.2) is 42.5 Å². The highest BCUT2D eigenvalue weighted by Gasteiger charge is 2.23. The maximum Gasteiger partial charge on any atom is 0.252 e. The number of carbonyl (C=O) groups excluding carboxylic acids is 1. The van der Waals surface area contributed by atoms with Crippen molar-refractivity contribution < 1.29 is 9.53 Å². The van der Waals surface area contributed by atoms with E-state index in [0.29, 0.717) is 12.1 Å². The normalized spacial score (nSPS) is 16.0. The Hall–Kier alpha value is -2.60. The highest BCUT2D eigenvalue weighted by Crippen LogP contribution is 2.26. The van der Waals surface area contributed by atoms with E-state index in [2.05, 4.69) is 21.3 Å². The van der Waals surface area contributed by atoms with Crippen molar-refractivity contribution in [1.82, 2.24) is 15.2 Å². The fourth-order valence-corrected chi connectivity index (χ4v) is 3.38. The number of piperidine rings is 1. The molecule has 3 rings (SSSR count). The number of ether oxygens (including phenoxy) is 1. The van der Waals surface area contributed by atoms with E-state index in [1.54, 1.807) is 7.11 Å². The third kappa shape index (κ3) is 4.52. The number of methoxy groups -OCH3 is 1. The van der Waals surface area contributed by atoms with Gasteiger partial charge in [0.15, 0.2) is 0 Å². The van der Waals surface area contributed by atoms with E-state index in [0.717, 1.165) is 24.4 Å². The number of carbonyl (C=O) groups is 1. The van der Waals surface area contributed by atoms with Crippen LogP contribution in [0.3, 0.4) is 0 Å². The van der Waals surface area contributed by atoms with E-state index < -0.39 is 0 Å². The molecule has 1 aromatic heterocycles. The lowest BCUT2D eigenvalue weighted by atomic mass is 10.0. The average Bonchev–Trinajstić information content (AvgIpc) is 2.69. The maximum absolute atomic E-state index is 12.4. The molecule has 1 unspecified atom stereocenters. The van der Waals surface area contributed by atoms with Gasteiger partial charge in [-0.3, -0.25) is 14.5 Å². The van der Waals surface area contributed by atoms with E-state index >= 15 is 0 Å².